The Morgan fingerprint density at radius 3 is 2.77 bits per heavy atom. The van der Waals surface area contributed by atoms with Crippen LogP contribution in [0.3, 0.4) is 0 Å². The van der Waals surface area contributed by atoms with Crippen LogP contribution in [0.4, 0.5) is 0 Å². The minimum absolute atomic E-state index is 0.402. The van der Waals surface area contributed by atoms with Crippen molar-refractivity contribution in [2.24, 2.45) is 0 Å². The summed E-state index contributed by atoms with van der Waals surface area (Å²) < 4.78 is 12.5. The van der Waals surface area contributed by atoms with E-state index in [1.54, 1.807) is 7.11 Å². The average molecular weight is 372 g/mol. The third kappa shape index (κ3) is 3.72. The van der Waals surface area contributed by atoms with E-state index in [4.69, 9.17) is 9.26 Å². The van der Waals surface area contributed by atoms with Crippen molar-refractivity contribution in [2.75, 3.05) is 7.11 Å². The number of thioether (sulfide) groups is 1. The lowest BCUT2D eigenvalue weighted by molar-refractivity contribution is 0.307. The van der Waals surface area contributed by atoms with Gasteiger partial charge < -0.3 is 9.26 Å². The Labute approximate surface area is 155 Å². The topological polar surface area (TPSA) is 91.8 Å². The molecule has 136 valence electrons. The molecule has 3 aromatic rings. The molecule has 1 saturated carbocycles. The molecule has 1 aromatic carbocycles. The predicted octanol–water partition coefficient (Wildman–Crippen LogP) is 3.53. The summed E-state index contributed by atoms with van der Waals surface area (Å²) in [4.78, 5) is 4.46. The van der Waals surface area contributed by atoms with Crippen molar-refractivity contribution in [3.8, 4) is 17.1 Å². The highest BCUT2D eigenvalue weighted by molar-refractivity contribution is 7.98. The first kappa shape index (κ1) is 17.0. The van der Waals surface area contributed by atoms with Crippen LogP contribution in [0.1, 0.15) is 44.0 Å². The second-order valence-electron chi connectivity index (χ2n) is 6.23. The molecule has 8 nitrogen and oxygen atoms in total. The minimum atomic E-state index is 0.402. The zero-order valence-corrected chi connectivity index (χ0v) is 15.4. The summed E-state index contributed by atoms with van der Waals surface area (Å²) in [6.07, 6.45) is 6.06. The molecule has 0 atom stereocenters. The lowest BCUT2D eigenvalue weighted by atomic mass is 9.96. The van der Waals surface area contributed by atoms with E-state index in [-0.39, 0.29) is 0 Å². The maximum atomic E-state index is 5.37. The highest BCUT2D eigenvalue weighted by Gasteiger charge is 2.21. The largest absolute Gasteiger partial charge is 0.497 e. The third-order valence-electron chi connectivity index (χ3n) is 4.52. The molecule has 0 bridgehead atoms. The van der Waals surface area contributed by atoms with Crippen molar-refractivity contribution in [1.29, 1.82) is 0 Å². The Kier molecular flexibility index (Phi) is 5.14. The maximum absolute atomic E-state index is 5.37. The fraction of sp³-hybridized carbons (Fsp3) is 0.471. The van der Waals surface area contributed by atoms with Crippen molar-refractivity contribution in [1.82, 2.24) is 30.3 Å². The zero-order valence-electron chi connectivity index (χ0n) is 14.5. The van der Waals surface area contributed by atoms with Crippen LogP contribution >= 0.6 is 11.8 Å². The molecule has 0 saturated heterocycles. The van der Waals surface area contributed by atoms with Crippen LogP contribution in [-0.4, -0.2) is 37.5 Å². The van der Waals surface area contributed by atoms with Gasteiger partial charge in [0, 0.05) is 5.56 Å². The number of ether oxygens (including phenoxy) is 1. The Morgan fingerprint density at radius 1 is 1.19 bits per heavy atom. The summed E-state index contributed by atoms with van der Waals surface area (Å²) in [5, 5.41) is 17.0. The van der Waals surface area contributed by atoms with E-state index in [1.165, 1.54) is 31.0 Å². The van der Waals surface area contributed by atoms with Gasteiger partial charge in [-0.2, -0.15) is 4.98 Å². The van der Waals surface area contributed by atoms with Gasteiger partial charge in [-0.25, -0.2) is 4.68 Å². The molecule has 1 fully saturated rings. The Bertz CT molecular complexity index is 841. The van der Waals surface area contributed by atoms with Gasteiger partial charge in [-0.1, -0.05) is 36.2 Å². The first-order valence-corrected chi connectivity index (χ1v) is 9.70. The van der Waals surface area contributed by atoms with E-state index in [0.29, 0.717) is 23.5 Å². The zero-order chi connectivity index (χ0) is 17.8. The summed E-state index contributed by atoms with van der Waals surface area (Å²) in [5.74, 6) is 2.45. The predicted molar refractivity (Wildman–Crippen MR) is 95.8 cm³/mol. The molecule has 2 heterocycles. The van der Waals surface area contributed by atoms with Crippen LogP contribution in [0, 0.1) is 0 Å². The van der Waals surface area contributed by atoms with E-state index >= 15 is 0 Å². The van der Waals surface area contributed by atoms with Gasteiger partial charge in [-0.15, -0.1) is 5.10 Å². The first-order valence-electron chi connectivity index (χ1n) is 8.71. The lowest BCUT2D eigenvalue weighted by Crippen LogP contribution is -2.15. The van der Waals surface area contributed by atoms with Crippen LogP contribution in [-0.2, 0) is 5.75 Å². The molecule has 0 unspecified atom stereocenters. The summed E-state index contributed by atoms with van der Waals surface area (Å²) in [6.45, 7) is 0. The molecule has 2 aromatic heterocycles. The van der Waals surface area contributed by atoms with Crippen molar-refractivity contribution < 1.29 is 9.26 Å². The van der Waals surface area contributed by atoms with Crippen molar-refractivity contribution >= 4 is 11.8 Å². The van der Waals surface area contributed by atoms with Gasteiger partial charge in [-0.3, -0.25) is 0 Å². The summed E-state index contributed by atoms with van der Waals surface area (Å²) in [7, 11) is 1.64. The van der Waals surface area contributed by atoms with Gasteiger partial charge in [0.2, 0.25) is 16.9 Å². The van der Waals surface area contributed by atoms with Gasteiger partial charge in [0.05, 0.1) is 18.9 Å². The average Bonchev–Trinajstić information content (AvgIpc) is 3.36. The number of hydrogen-bond donors (Lipinski definition) is 0. The minimum Gasteiger partial charge on any atom is -0.497 e. The molecular weight excluding hydrogens is 352 g/mol. The van der Waals surface area contributed by atoms with Crippen LogP contribution in [0.2, 0.25) is 0 Å². The molecule has 0 N–H and O–H groups in total. The second kappa shape index (κ2) is 7.86. The third-order valence-corrected chi connectivity index (χ3v) is 5.44. The summed E-state index contributed by atoms with van der Waals surface area (Å²) >= 11 is 1.53. The molecule has 9 heteroatoms. The lowest BCUT2D eigenvalue weighted by Gasteiger charge is -2.21. The number of hydrogen-bond acceptors (Lipinski definition) is 8. The van der Waals surface area contributed by atoms with Gasteiger partial charge in [0.1, 0.15) is 5.75 Å². The van der Waals surface area contributed by atoms with E-state index in [0.717, 1.165) is 29.3 Å². The summed E-state index contributed by atoms with van der Waals surface area (Å²) in [6, 6.07) is 7.96. The van der Waals surface area contributed by atoms with Gasteiger partial charge in [0.25, 0.3) is 0 Å². The molecular formula is C17H20N6O2S. The number of nitrogens with zero attached hydrogens (tertiary/aromatic N) is 6. The standard InChI is InChI=1S/C17H20N6O2S/c1-24-14-9-7-12(8-10-14)16-18-15(25-20-16)11-26-17-19-21-22-23(17)13-5-3-2-4-6-13/h7-10,13H,2-6,11H2,1H3. The quantitative estimate of drug-likeness (QED) is 0.607. The normalized spacial score (nSPS) is 15.3. The van der Waals surface area contributed by atoms with Crippen LogP contribution < -0.4 is 4.74 Å². The number of methoxy groups -OCH3 is 1. The first-order chi connectivity index (χ1) is 12.8. The summed E-state index contributed by atoms with van der Waals surface area (Å²) in [5.41, 5.74) is 0.887. The number of rotatable bonds is 6. The number of aromatic nitrogens is 6. The highest BCUT2D eigenvalue weighted by atomic mass is 32.2. The SMILES string of the molecule is COc1ccc(-c2noc(CSc3nnnn3C3CCCCC3)n2)cc1. The Balaban J connectivity index is 1.41. The Morgan fingerprint density at radius 2 is 2.00 bits per heavy atom. The van der Waals surface area contributed by atoms with Gasteiger partial charge in [0.15, 0.2) is 0 Å². The van der Waals surface area contributed by atoms with E-state index < -0.39 is 0 Å². The van der Waals surface area contributed by atoms with Crippen molar-refractivity contribution in [3.05, 3.63) is 30.2 Å². The molecule has 0 spiro atoms. The molecule has 0 radical (unpaired) electrons. The van der Waals surface area contributed by atoms with Crippen LogP contribution in [0.25, 0.3) is 11.4 Å². The highest BCUT2D eigenvalue weighted by Crippen LogP contribution is 2.31. The van der Waals surface area contributed by atoms with Crippen LogP contribution in [0.5, 0.6) is 5.75 Å². The molecule has 1 aliphatic rings. The number of benzene rings is 1. The molecule has 26 heavy (non-hydrogen) atoms. The second-order valence-corrected chi connectivity index (χ2v) is 7.17. The van der Waals surface area contributed by atoms with Crippen LogP contribution in [0.15, 0.2) is 33.9 Å². The van der Waals surface area contributed by atoms with E-state index in [1.807, 2.05) is 28.9 Å². The molecule has 1 aliphatic carbocycles. The van der Waals surface area contributed by atoms with Crippen molar-refractivity contribution in [2.45, 2.75) is 49.1 Å². The maximum Gasteiger partial charge on any atom is 0.237 e. The van der Waals surface area contributed by atoms with E-state index in [9.17, 15) is 0 Å². The fourth-order valence-electron chi connectivity index (χ4n) is 3.13. The van der Waals surface area contributed by atoms with Gasteiger partial charge >= 0.3 is 0 Å². The molecule has 4 rings (SSSR count). The van der Waals surface area contributed by atoms with Crippen molar-refractivity contribution in [3.63, 3.8) is 0 Å². The van der Waals surface area contributed by atoms with E-state index in [2.05, 4.69) is 25.7 Å². The monoisotopic (exact) mass is 372 g/mol. The molecule has 0 aliphatic heterocycles. The smallest absolute Gasteiger partial charge is 0.237 e. The molecule has 0 amide bonds. The number of tetrazole rings is 1. The fourth-order valence-corrected chi connectivity index (χ4v) is 3.91. The Hall–Kier alpha value is -2.42. The van der Waals surface area contributed by atoms with Gasteiger partial charge in [-0.05, 0) is 47.5 Å².